The van der Waals surface area contributed by atoms with Crippen LogP contribution < -0.4 is 5.32 Å². The predicted octanol–water partition coefficient (Wildman–Crippen LogP) is 1.47. The van der Waals surface area contributed by atoms with Crippen LogP contribution in [-0.2, 0) is 16.1 Å². The Hall–Kier alpha value is -1.43. The van der Waals surface area contributed by atoms with Crippen molar-refractivity contribution >= 4 is 23.2 Å². The van der Waals surface area contributed by atoms with Crippen LogP contribution in [-0.4, -0.2) is 33.3 Å². The molecule has 1 N–H and O–H groups in total. The van der Waals surface area contributed by atoms with Crippen molar-refractivity contribution in [3.63, 3.8) is 0 Å². The smallest absolute Gasteiger partial charge is 0.246 e. The molecule has 2 fully saturated rings. The maximum absolute atomic E-state index is 12.5. The van der Waals surface area contributed by atoms with Crippen LogP contribution in [0.2, 0.25) is 0 Å². The van der Waals surface area contributed by atoms with Crippen molar-refractivity contribution in [3.05, 3.63) is 16.1 Å². The van der Waals surface area contributed by atoms with Gasteiger partial charge >= 0.3 is 0 Å². The SMILES string of the molecule is Cc1csc(CN2C(=O)C(C)NC(=O)C2(C)C2CC2)n1. The molecule has 0 bridgehead atoms. The molecule has 1 aromatic rings. The van der Waals surface area contributed by atoms with Gasteiger partial charge in [-0.3, -0.25) is 9.59 Å². The third kappa shape index (κ3) is 2.02. The van der Waals surface area contributed by atoms with Crippen molar-refractivity contribution in [2.45, 2.75) is 51.7 Å². The number of hydrogen-bond donors (Lipinski definition) is 1. The minimum absolute atomic E-state index is 0.00754. The van der Waals surface area contributed by atoms with Gasteiger partial charge in [-0.15, -0.1) is 11.3 Å². The van der Waals surface area contributed by atoms with Gasteiger partial charge in [0.1, 0.15) is 16.6 Å². The van der Waals surface area contributed by atoms with Crippen LogP contribution in [0.25, 0.3) is 0 Å². The first-order valence-electron chi connectivity index (χ1n) is 6.96. The summed E-state index contributed by atoms with van der Waals surface area (Å²) in [4.78, 5) is 31.1. The molecule has 2 heterocycles. The lowest BCUT2D eigenvalue weighted by molar-refractivity contribution is -0.158. The lowest BCUT2D eigenvalue weighted by Crippen LogP contribution is -2.69. The summed E-state index contributed by atoms with van der Waals surface area (Å²) in [7, 11) is 0. The highest BCUT2D eigenvalue weighted by Crippen LogP contribution is 2.45. The fourth-order valence-corrected chi connectivity index (χ4v) is 3.65. The van der Waals surface area contributed by atoms with Crippen molar-refractivity contribution in [2.24, 2.45) is 5.92 Å². The van der Waals surface area contributed by atoms with Crippen molar-refractivity contribution in [1.82, 2.24) is 15.2 Å². The third-order valence-corrected chi connectivity index (χ3v) is 5.29. The molecule has 2 atom stereocenters. The molecule has 0 radical (unpaired) electrons. The van der Waals surface area contributed by atoms with Crippen molar-refractivity contribution in [3.8, 4) is 0 Å². The van der Waals surface area contributed by atoms with E-state index in [1.165, 1.54) is 0 Å². The molecule has 2 aliphatic rings. The molecule has 1 saturated carbocycles. The molecule has 2 amide bonds. The number of aromatic nitrogens is 1. The van der Waals surface area contributed by atoms with E-state index in [2.05, 4.69) is 10.3 Å². The van der Waals surface area contributed by atoms with Crippen LogP contribution in [0.5, 0.6) is 0 Å². The fourth-order valence-electron chi connectivity index (χ4n) is 2.89. The second kappa shape index (κ2) is 4.55. The van der Waals surface area contributed by atoms with Crippen LogP contribution in [0.4, 0.5) is 0 Å². The largest absolute Gasteiger partial charge is 0.343 e. The Bertz CT molecular complexity index is 567. The summed E-state index contributed by atoms with van der Waals surface area (Å²) in [5.41, 5.74) is 0.239. The molecule has 1 aliphatic carbocycles. The Balaban J connectivity index is 1.93. The standard InChI is InChI=1S/C14H19N3O2S/c1-8-7-20-11(15-8)6-17-12(18)9(2)16-13(19)14(17,3)10-4-5-10/h7,9-10H,4-6H2,1-3H3,(H,16,19). The van der Waals surface area contributed by atoms with E-state index < -0.39 is 11.6 Å². The fraction of sp³-hybridized carbons (Fsp3) is 0.643. The summed E-state index contributed by atoms with van der Waals surface area (Å²) in [5, 5.41) is 5.68. The van der Waals surface area contributed by atoms with Crippen LogP contribution >= 0.6 is 11.3 Å². The second-order valence-electron chi connectivity index (χ2n) is 5.92. The predicted molar refractivity (Wildman–Crippen MR) is 76.1 cm³/mol. The zero-order valence-corrected chi connectivity index (χ0v) is 12.8. The van der Waals surface area contributed by atoms with E-state index in [0.29, 0.717) is 6.54 Å². The quantitative estimate of drug-likeness (QED) is 0.918. The molecule has 0 spiro atoms. The number of thiazole rings is 1. The van der Waals surface area contributed by atoms with Crippen LogP contribution in [0.3, 0.4) is 0 Å². The number of hydrogen-bond acceptors (Lipinski definition) is 4. The van der Waals surface area contributed by atoms with E-state index >= 15 is 0 Å². The Kier molecular flexibility index (Phi) is 3.08. The number of nitrogens with one attached hydrogen (secondary N) is 1. The molecule has 20 heavy (non-hydrogen) atoms. The first-order chi connectivity index (χ1) is 9.42. The third-order valence-electron chi connectivity index (χ3n) is 4.34. The molecule has 1 aliphatic heterocycles. The summed E-state index contributed by atoms with van der Waals surface area (Å²) >= 11 is 1.54. The number of aryl methyl sites for hydroxylation is 1. The minimum atomic E-state index is -0.719. The van der Waals surface area contributed by atoms with Crippen LogP contribution in [0, 0.1) is 12.8 Å². The molecule has 6 heteroatoms. The Morgan fingerprint density at radius 1 is 1.50 bits per heavy atom. The Morgan fingerprint density at radius 2 is 2.20 bits per heavy atom. The molecule has 0 aromatic carbocycles. The molecule has 3 rings (SSSR count). The molecule has 5 nitrogen and oxygen atoms in total. The molecular formula is C14H19N3O2S. The number of amides is 2. The van der Waals surface area contributed by atoms with Gasteiger partial charge in [-0.1, -0.05) is 0 Å². The Labute approximate surface area is 122 Å². The number of piperazine rings is 1. The number of nitrogens with zero attached hydrogens (tertiary/aromatic N) is 2. The van der Waals surface area contributed by atoms with Crippen LogP contribution in [0.1, 0.15) is 37.4 Å². The van der Waals surface area contributed by atoms with E-state index in [1.54, 1.807) is 23.2 Å². The highest BCUT2D eigenvalue weighted by atomic mass is 32.1. The van der Waals surface area contributed by atoms with Gasteiger partial charge in [0.2, 0.25) is 11.8 Å². The first-order valence-corrected chi connectivity index (χ1v) is 7.84. The minimum Gasteiger partial charge on any atom is -0.343 e. The van der Waals surface area contributed by atoms with Gasteiger partial charge in [0.25, 0.3) is 0 Å². The van der Waals surface area contributed by atoms with E-state index in [1.807, 2.05) is 19.2 Å². The van der Waals surface area contributed by atoms with E-state index in [9.17, 15) is 9.59 Å². The van der Waals surface area contributed by atoms with Gasteiger partial charge in [-0.05, 0) is 39.5 Å². The number of carbonyl (C=O) groups is 2. The van der Waals surface area contributed by atoms with Gasteiger partial charge in [-0.25, -0.2) is 4.98 Å². The Morgan fingerprint density at radius 3 is 2.75 bits per heavy atom. The highest BCUT2D eigenvalue weighted by Gasteiger charge is 2.56. The van der Waals surface area contributed by atoms with E-state index in [4.69, 9.17) is 0 Å². The first kappa shape index (κ1) is 13.5. The van der Waals surface area contributed by atoms with Gasteiger partial charge in [-0.2, -0.15) is 0 Å². The normalized spacial score (nSPS) is 30.6. The molecule has 1 saturated heterocycles. The van der Waals surface area contributed by atoms with Gasteiger partial charge in [0, 0.05) is 11.1 Å². The maximum Gasteiger partial charge on any atom is 0.246 e. The zero-order chi connectivity index (χ0) is 14.5. The molecule has 2 unspecified atom stereocenters. The average molecular weight is 293 g/mol. The van der Waals surface area contributed by atoms with Crippen molar-refractivity contribution < 1.29 is 9.59 Å². The summed E-state index contributed by atoms with van der Waals surface area (Å²) in [5.74, 6) is 0.243. The second-order valence-corrected chi connectivity index (χ2v) is 6.87. The maximum atomic E-state index is 12.5. The molecule has 108 valence electrons. The van der Waals surface area contributed by atoms with Crippen LogP contribution in [0.15, 0.2) is 5.38 Å². The van der Waals surface area contributed by atoms with Gasteiger partial charge in [0.05, 0.1) is 6.54 Å². The van der Waals surface area contributed by atoms with Gasteiger partial charge < -0.3 is 10.2 Å². The zero-order valence-electron chi connectivity index (χ0n) is 12.0. The van der Waals surface area contributed by atoms with E-state index in [-0.39, 0.29) is 17.7 Å². The number of carbonyl (C=O) groups excluding carboxylic acids is 2. The average Bonchev–Trinajstić information content (AvgIpc) is 3.17. The number of rotatable bonds is 3. The van der Waals surface area contributed by atoms with Crippen molar-refractivity contribution in [2.75, 3.05) is 0 Å². The van der Waals surface area contributed by atoms with E-state index in [0.717, 1.165) is 23.5 Å². The monoisotopic (exact) mass is 293 g/mol. The topological polar surface area (TPSA) is 62.3 Å². The van der Waals surface area contributed by atoms with Crippen molar-refractivity contribution in [1.29, 1.82) is 0 Å². The summed E-state index contributed by atoms with van der Waals surface area (Å²) in [6.07, 6.45) is 2.03. The molecule has 1 aromatic heterocycles. The summed E-state index contributed by atoms with van der Waals surface area (Å²) in [6, 6.07) is -0.449. The van der Waals surface area contributed by atoms with Gasteiger partial charge in [0.15, 0.2) is 0 Å². The lowest BCUT2D eigenvalue weighted by atomic mass is 9.88. The highest BCUT2D eigenvalue weighted by molar-refractivity contribution is 7.09. The lowest BCUT2D eigenvalue weighted by Gasteiger charge is -2.45. The summed E-state index contributed by atoms with van der Waals surface area (Å²) < 4.78 is 0. The molecular weight excluding hydrogens is 274 g/mol. The summed E-state index contributed by atoms with van der Waals surface area (Å²) in [6.45, 7) is 6.01.